The molecule has 0 aliphatic carbocycles. The Morgan fingerprint density at radius 3 is 2.16 bits per heavy atom. The first-order chi connectivity index (χ1) is 11.8. The lowest BCUT2D eigenvalue weighted by molar-refractivity contribution is -0.138. The van der Waals surface area contributed by atoms with Gasteiger partial charge in [-0.2, -0.15) is 0 Å². The van der Waals surface area contributed by atoms with Gasteiger partial charge in [0.1, 0.15) is 11.7 Å². The Morgan fingerprint density at radius 2 is 1.68 bits per heavy atom. The van der Waals surface area contributed by atoms with Crippen molar-refractivity contribution < 1.29 is 9.90 Å². The van der Waals surface area contributed by atoms with Gasteiger partial charge in [-0.05, 0) is 24.6 Å². The van der Waals surface area contributed by atoms with Crippen LogP contribution in [0.15, 0.2) is 48.5 Å². The number of carbonyl (C=O) groups is 1. The van der Waals surface area contributed by atoms with E-state index in [9.17, 15) is 9.90 Å². The first-order valence-electron chi connectivity index (χ1n) is 7.73. The fourth-order valence-electron chi connectivity index (χ4n) is 2.67. The van der Waals surface area contributed by atoms with Crippen molar-refractivity contribution in [3.63, 3.8) is 0 Å². The van der Waals surface area contributed by atoms with Crippen LogP contribution in [0.4, 0.5) is 5.69 Å². The van der Waals surface area contributed by atoms with Crippen molar-refractivity contribution in [3.8, 4) is 0 Å². The number of benzene rings is 2. The molecule has 0 bridgehead atoms. The lowest BCUT2D eigenvalue weighted by atomic mass is 10.0. The van der Waals surface area contributed by atoms with Gasteiger partial charge in [0.25, 0.3) is 0 Å². The van der Waals surface area contributed by atoms with Crippen molar-refractivity contribution in [1.82, 2.24) is 0 Å². The van der Waals surface area contributed by atoms with Crippen molar-refractivity contribution >= 4 is 23.3 Å². The molecule has 130 valence electrons. The van der Waals surface area contributed by atoms with Gasteiger partial charge in [-0.3, -0.25) is 10.8 Å². The van der Waals surface area contributed by atoms with Gasteiger partial charge in [0.15, 0.2) is 6.04 Å². The van der Waals surface area contributed by atoms with Crippen molar-refractivity contribution in [3.05, 3.63) is 65.2 Å². The Bertz CT molecular complexity index is 801. The Balaban J connectivity index is 2.46. The van der Waals surface area contributed by atoms with E-state index in [-0.39, 0.29) is 11.7 Å². The Kier molecular flexibility index (Phi) is 5.38. The van der Waals surface area contributed by atoms with Crippen molar-refractivity contribution in [2.24, 2.45) is 11.5 Å². The van der Waals surface area contributed by atoms with E-state index in [1.807, 2.05) is 6.92 Å². The monoisotopic (exact) mass is 339 g/mol. The zero-order valence-corrected chi connectivity index (χ0v) is 13.9. The summed E-state index contributed by atoms with van der Waals surface area (Å²) >= 11 is 0. The summed E-state index contributed by atoms with van der Waals surface area (Å²) in [5.41, 5.74) is 13.3. The molecule has 0 radical (unpaired) electrons. The average Bonchev–Trinajstić information content (AvgIpc) is 2.59. The van der Waals surface area contributed by atoms with E-state index >= 15 is 0 Å². The summed E-state index contributed by atoms with van der Waals surface area (Å²) < 4.78 is 0. The number of rotatable bonds is 7. The molecule has 0 saturated heterocycles. The molecule has 25 heavy (non-hydrogen) atoms. The lowest BCUT2D eigenvalue weighted by Crippen LogP contribution is -2.34. The van der Waals surface area contributed by atoms with Gasteiger partial charge in [-0.15, -0.1) is 0 Å². The maximum Gasteiger partial charge on any atom is 0.331 e. The molecule has 0 unspecified atom stereocenters. The van der Waals surface area contributed by atoms with Gasteiger partial charge >= 0.3 is 5.97 Å². The number of likely N-dealkylation sites (N-methyl/N-ethyl adjacent to an activating group) is 1. The van der Waals surface area contributed by atoms with E-state index in [1.54, 1.807) is 53.4 Å². The highest BCUT2D eigenvalue weighted by molar-refractivity contribution is 5.96. The molecule has 0 aromatic heterocycles. The Labute approximate surface area is 145 Å². The van der Waals surface area contributed by atoms with Crippen LogP contribution in [-0.2, 0) is 4.79 Å². The molecule has 7 nitrogen and oxygen atoms in total. The summed E-state index contributed by atoms with van der Waals surface area (Å²) in [4.78, 5) is 13.7. The van der Waals surface area contributed by atoms with Crippen LogP contribution in [0.5, 0.6) is 0 Å². The smallest absolute Gasteiger partial charge is 0.331 e. The molecule has 2 aromatic rings. The van der Waals surface area contributed by atoms with Crippen LogP contribution in [0.2, 0.25) is 0 Å². The normalized spacial score (nSPS) is 11.6. The Morgan fingerprint density at radius 1 is 1.08 bits per heavy atom. The summed E-state index contributed by atoms with van der Waals surface area (Å²) in [6, 6.07) is 12.6. The number of nitrogens with one attached hydrogen (secondary N) is 2. The molecule has 7 heteroatoms. The van der Waals surface area contributed by atoms with Crippen LogP contribution in [0.3, 0.4) is 0 Å². The van der Waals surface area contributed by atoms with Crippen LogP contribution < -0.4 is 16.4 Å². The SMILES string of the molecule is CCN(c1cccc(C(=N)N)c1)[C@H](C(=O)O)c1ccc(C(=N)N)cc1. The summed E-state index contributed by atoms with van der Waals surface area (Å²) in [5.74, 6) is -1.14. The molecular weight excluding hydrogens is 318 g/mol. The van der Waals surface area contributed by atoms with E-state index in [0.29, 0.717) is 28.9 Å². The zero-order chi connectivity index (χ0) is 18.6. The summed E-state index contributed by atoms with van der Waals surface area (Å²) in [7, 11) is 0. The van der Waals surface area contributed by atoms with Gasteiger partial charge in [-0.25, -0.2) is 4.79 Å². The van der Waals surface area contributed by atoms with Gasteiger partial charge in [-0.1, -0.05) is 36.4 Å². The molecule has 0 saturated carbocycles. The maximum atomic E-state index is 11.9. The Hall–Kier alpha value is -3.35. The maximum absolute atomic E-state index is 11.9. The van der Waals surface area contributed by atoms with E-state index in [2.05, 4.69) is 0 Å². The average molecular weight is 339 g/mol. The molecule has 1 atom stereocenters. The van der Waals surface area contributed by atoms with Gasteiger partial charge in [0.2, 0.25) is 0 Å². The van der Waals surface area contributed by atoms with Crippen molar-refractivity contribution in [1.29, 1.82) is 10.8 Å². The summed E-state index contributed by atoms with van der Waals surface area (Å²) in [6.45, 7) is 2.31. The van der Waals surface area contributed by atoms with Crippen LogP contribution >= 0.6 is 0 Å². The number of carboxylic acid groups (broad SMARTS) is 1. The highest BCUT2D eigenvalue weighted by Gasteiger charge is 2.27. The predicted octanol–water partition coefficient (Wildman–Crippen LogP) is 1.91. The minimum Gasteiger partial charge on any atom is -0.479 e. The third-order valence-corrected chi connectivity index (χ3v) is 3.91. The summed E-state index contributed by atoms with van der Waals surface area (Å²) in [5, 5.41) is 24.8. The quantitative estimate of drug-likeness (QED) is 0.387. The highest BCUT2D eigenvalue weighted by atomic mass is 16.4. The van der Waals surface area contributed by atoms with Crippen LogP contribution in [0.1, 0.15) is 29.7 Å². The number of anilines is 1. The van der Waals surface area contributed by atoms with Gasteiger partial charge < -0.3 is 21.5 Å². The number of nitrogens with zero attached hydrogens (tertiary/aromatic N) is 1. The molecule has 0 spiro atoms. The van der Waals surface area contributed by atoms with E-state index in [4.69, 9.17) is 22.3 Å². The second-order valence-corrected chi connectivity index (χ2v) is 5.53. The molecule has 2 aromatic carbocycles. The molecular formula is C18H21N5O2. The van der Waals surface area contributed by atoms with Crippen LogP contribution in [0.25, 0.3) is 0 Å². The molecule has 0 aliphatic rings. The number of nitrogens with two attached hydrogens (primary N) is 2. The first-order valence-corrected chi connectivity index (χ1v) is 7.73. The van der Waals surface area contributed by atoms with E-state index in [1.165, 1.54) is 0 Å². The van der Waals surface area contributed by atoms with Crippen LogP contribution in [-0.4, -0.2) is 29.3 Å². The molecule has 0 fully saturated rings. The number of carboxylic acids is 1. The predicted molar refractivity (Wildman–Crippen MR) is 98.3 cm³/mol. The fourth-order valence-corrected chi connectivity index (χ4v) is 2.67. The summed E-state index contributed by atoms with van der Waals surface area (Å²) in [6.07, 6.45) is 0. The van der Waals surface area contributed by atoms with Crippen LogP contribution in [0, 0.1) is 10.8 Å². The van der Waals surface area contributed by atoms with Crippen molar-refractivity contribution in [2.45, 2.75) is 13.0 Å². The minimum absolute atomic E-state index is 0.0695. The second kappa shape index (κ2) is 7.48. The third kappa shape index (κ3) is 3.95. The largest absolute Gasteiger partial charge is 0.479 e. The highest BCUT2D eigenvalue weighted by Crippen LogP contribution is 2.28. The molecule has 7 N–H and O–H groups in total. The van der Waals surface area contributed by atoms with Crippen molar-refractivity contribution in [2.75, 3.05) is 11.4 Å². The molecule has 0 heterocycles. The zero-order valence-electron chi connectivity index (χ0n) is 13.9. The number of amidine groups is 2. The third-order valence-electron chi connectivity index (χ3n) is 3.91. The van der Waals surface area contributed by atoms with E-state index < -0.39 is 12.0 Å². The second-order valence-electron chi connectivity index (χ2n) is 5.53. The molecule has 0 aliphatic heterocycles. The van der Waals surface area contributed by atoms with E-state index in [0.717, 1.165) is 0 Å². The lowest BCUT2D eigenvalue weighted by Gasteiger charge is -2.30. The number of hydrogen-bond acceptors (Lipinski definition) is 4. The molecule has 0 amide bonds. The minimum atomic E-state index is -0.995. The standard InChI is InChI=1S/C18H21N5O2/c1-2-23(14-5-3-4-13(10-14)17(21)22)15(18(24)25)11-6-8-12(9-7-11)16(19)20/h3-10,15H,2H2,1H3,(H3,19,20)(H3,21,22)(H,24,25)/t15-/m0/s1. The fraction of sp³-hybridized carbons (Fsp3) is 0.167. The topological polar surface area (TPSA) is 140 Å². The number of hydrogen-bond donors (Lipinski definition) is 5. The molecule has 2 rings (SSSR count). The first kappa shape index (κ1) is 18.0. The van der Waals surface area contributed by atoms with Gasteiger partial charge in [0, 0.05) is 23.4 Å². The number of aliphatic carboxylic acids is 1. The van der Waals surface area contributed by atoms with Gasteiger partial charge in [0.05, 0.1) is 0 Å². The number of nitrogen functional groups attached to an aromatic ring is 2.